The first-order valence-electron chi connectivity index (χ1n) is 11.4. The van der Waals surface area contributed by atoms with Gasteiger partial charge in [0.2, 0.25) is 0 Å². The van der Waals surface area contributed by atoms with E-state index >= 15 is 0 Å². The molecule has 4 aliphatic rings. The van der Waals surface area contributed by atoms with E-state index in [4.69, 9.17) is 9.47 Å². The van der Waals surface area contributed by atoms with Crippen molar-refractivity contribution < 1.29 is 24.2 Å². The number of aromatic hydroxyl groups is 1. The number of benzene rings is 1. The molecule has 1 aromatic carbocycles. The minimum Gasteiger partial charge on any atom is -0.504 e. The number of carbonyl (C=O) groups excluding carboxylic acids is 2. The van der Waals surface area contributed by atoms with Gasteiger partial charge in [-0.05, 0) is 73.8 Å². The van der Waals surface area contributed by atoms with Crippen LogP contribution in [0.2, 0.25) is 0 Å². The van der Waals surface area contributed by atoms with Crippen LogP contribution < -0.4 is 4.74 Å². The van der Waals surface area contributed by atoms with Gasteiger partial charge in [0.15, 0.2) is 11.5 Å². The van der Waals surface area contributed by atoms with Crippen molar-refractivity contribution in [1.82, 2.24) is 4.90 Å². The minimum atomic E-state index is -0.420. The van der Waals surface area contributed by atoms with E-state index in [1.165, 1.54) is 26.0 Å². The molecule has 166 valence electrons. The molecule has 2 saturated carbocycles. The summed E-state index contributed by atoms with van der Waals surface area (Å²) in [7, 11) is 2.90. The Kier molecular flexibility index (Phi) is 5.08. The number of likely N-dealkylation sites (tertiary alicyclic amines) is 1. The van der Waals surface area contributed by atoms with Crippen molar-refractivity contribution >= 4 is 17.8 Å². The molecule has 3 atom stereocenters. The van der Waals surface area contributed by atoms with Gasteiger partial charge in [0.05, 0.1) is 14.2 Å². The lowest BCUT2D eigenvalue weighted by Gasteiger charge is -2.59. The van der Waals surface area contributed by atoms with Gasteiger partial charge < -0.3 is 14.6 Å². The van der Waals surface area contributed by atoms with Gasteiger partial charge in [-0.25, -0.2) is 4.79 Å². The zero-order chi connectivity index (χ0) is 21.8. The van der Waals surface area contributed by atoms with Crippen LogP contribution in [0.15, 0.2) is 12.1 Å². The average Bonchev–Trinajstić information content (AvgIpc) is 3.58. The predicted octanol–water partition coefficient (Wildman–Crippen LogP) is 3.23. The largest absolute Gasteiger partial charge is 0.504 e. The monoisotopic (exact) mass is 425 g/mol. The maximum Gasteiger partial charge on any atom is 0.330 e. The molecule has 3 fully saturated rings. The average molecular weight is 426 g/mol. The van der Waals surface area contributed by atoms with Crippen LogP contribution in [-0.2, 0) is 26.2 Å². The summed E-state index contributed by atoms with van der Waals surface area (Å²) in [5, 5.41) is 11.3. The summed E-state index contributed by atoms with van der Waals surface area (Å²) in [4.78, 5) is 27.1. The van der Waals surface area contributed by atoms with Crippen molar-refractivity contribution in [2.45, 2.75) is 56.4 Å². The van der Waals surface area contributed by atoms with Crippen LogP contribution in [0.5, 0.6) is 11.5 Å². The molecule has 0 aromatic heterocycles. The topological polar surface area (TPSA) is 76.1 Å². The molecule has 3 unspecified atom stereocenters. The molecule has 1 aliphatic heterocycles. The van der Waals surface area contributed by atoms with Gasteiger partial charge in [-0.2, -0.15) is 0 Å². The van der Waals surface area contributed by atoms with E-state index in [2.05, 4.69) is 4.90 Å². The number of ketones is 1. The highest BCUT2D eigenvalue weighted by Crippen LogP contribution is 2.59. The number of nitrogens with zero attached hydrogens (tertiary/aromatic N) is 1. The van der Waals surface area contributed by atoms with Gasteiger partial charge in [0.25, 0.3) is 0 Å². The fraction of sp³-hybridized carbons (Fsp3) is 0.600. The Morgan fingerprint density at radius 3 is 2.84 bits per heavy atom. The number of carbonyl (C=O) groups is 2. The van der Waals surface area contributed by atoms with Crippen molar-refractivity contribution in [3.63, 3.8) is 0 Å². The normalized spacial score (nSPS) is 30.1. The lowest BCUT2D eigenvalue weighted by atomic mass is 9.51. The second kappa shape index (κ2) is 7.66. The van der Waals surface area contributed by atoms with Crippen molar-refractivity contribution in [2.24, 2.45) is 11.8 Å². The molecule has 6 nitrogen and oxygen atoms in total. The number of ether oxygens (including phenoxy) is 2. The van der Waals surface area contributed by atoms with Crippen LogP contribution in [0, 0.1) is 11.8 Å². The number of phenols is 1. The molecular weight excluding hydrogens is 394 g/mol. The first-order valence-corrected chi connectivity index (χ1v) is 11.4. The van der Waals surface area contributed by atoms with Crippen LogP contribution in [0.3, 0.4) is 0 Å². The Labute approximate surface area is 183 Å². The molecule has 2 bridgehead atoms. The van der Waals surface area contributed by atoms with Gasteiger partial charge in [0.1, 0.15) is 5.78 Å². The molecular formula is C25H31NO5. The van der Waals surface area contributed by atoms with Crippen molar-refractivity contribution in [3.8, 4) is 11.5 Å². The Morgan fingerprint density at radius 2 is 2.13 bits per heavy atom. The highest BCUT2D eigenvalue weighted by atomic mass is 16.5. The zero-order valence-corrected chi connectivity index (χ0v) is 18.4. The second-order valence-electron chi connectivity index (χ2n) is 9.70. The van der Waals surface area contributed by atoms with Crippen LogP contribution in [0.1, 0.15) is 55.2 Å². The van der Waals surface area contributed by atoms with Crippen molar-refractivity contribution in [2.75, 3.05) is 27.3 Å². The standard InChI is InChI=1S/C25H31NO5/c1-30-21-11-16(5-8-22(28)31-2)18-12-20-19-7-6-17(27)13-25(19,23(18)24(21)29)9-10-26(20)14-15-3-4-15/h5,8,11,15,19-20,29H,3-4,6-7,9-10,12-14H2,1-2H3/b8-5+. The molecule has 0 amide bonds. The molecule has 0 radical (unpaired) electrons. The third-order valence-electron chi connectivity index (χ3n) is 8.06. The minimum absolute atomic E-state index is 0.168. The molecule has 31 heavy (non-hydrogen) atoms. The number of Topliss-reactive ketones (excluding diaryl/α,β-unsaturated/α-hetero) is 1. The summed E-state index contributed by atoms with van der Waals surface area (Å²) in [6.07, 6.45) is 9.51. The zero-order valence-electron chi connectivity index (χ0n) is 18.4. The third kappa shape index (κ3) is 3.36. The summed E-state index contributed by atoms with van der Waals surface area (Å²) < 4.78 is 10.3. The molecule has 3 aliphatic carbocycles. The number of fused-ring (bicyclic) bond motifs is 1. The fourth-order valence-electron chi connectivity index (χ4n) is 6.49. The molecule has 1 aromatic rings. The summed E-state index contributed by atoms with van der Waals surface area (Å²) in [6.45, 7) is 2.10. The highest BCUT2D eigenvalue weighted by molar-refractivity contribution is 5.88. The van der Waals surface area contributed by atoms with Crippen LogP contribution >= 0.6 is 0 Å². The van der Waals surface area contributed by atoms with E-state index < -0.39 is 5.97 Å². The van der Waals surface area contributed by atoms with Crippen molar-refractivity contribution in [3.05, 3.63) is 28.8 Å². The lowest BCUT2D eigenvalue weighted by molar-refractivity contribution is -0.134. The van der Waals surface area contributed by atoms with E-state index in [1.54, 1.807) is 19.3 Å². The van der Waals surface area contributed by atoms with Gasteiger partial charge in [0, 0.05) is 42.5 Å². The number of piperidine rings is 1. The molecule has 6 heteroatoms. The predicted molar refractivity (Wildman–Crippen MR) is 116 cm³/mol. The maximum atomic E-state index is 12.7. The molecule has 1 N–H and O–H groups in total. The Morgan fingerprint density at radius 1 is 1.32 bits per heavy atom. The quantitative estimate of drug-likeness (QED) is 0.577. The van der Waals surface area contributed by atoms with Gasteiger partial charge in [-0.3, -0.25) is 9.69 Å². The van der Waals surface area contributed by atoms with Gasteiger partial charge >= 0.3 is 5.97 Å². The number of phenolic OH excluding ortho intramolecular Hbond substituents is 1. The molecule has 1 heterocycles. The SMILES string of the molecule is COC(=O)/C=C/c1cc(OC)c(O)c2c1CC1C3CCC(=O)CC23CCN1CC1CC1. The van der Waals surface area contributed by atoms with E-state index in [9.17, 15) is 14.7 Å². The first-order chi connectivity index (χ1) is 15.0. The van der Waals surface area contributed by atoms with Crippen LogP contribution in [0.25, 0.3) is 6.08 Å². The van der Waals surface area contributed by atoms with E-state index in [0.717, 1.165) is 55.0 Å². The second-order valence-corrected chi connectivity index (χ2v) is 9.70. The third-order valence-corrected chi connectivity index (χ3v) is 8.06. The van der Waals surface area contributed by atoms with Crippen LogP contribution in [-0.4, -0.2) is 55.1 Å². The molecule has 5 rings (SSSR count). The number of hydrogen-bond acceptors (Lipinski definition) is 6. The Balaban J connectivity index is 1.67. The molecule has 0 spiro atoms. The van der Waals surface area contributed by atoms with Gasteiger partial charge in [-0.15, -0.1) is 0 Å². The van der Waals surface area contributed by atoms with Crippen LogP contribution in [0.4, 0.5) is 0 Å². The number of esters is 1. The highest BCUT2D eigenvalue weighted by Gasteiger charge is 2.57. The number of methoxy groups -OCH3 is 2. The summed E-state index contributed by atoms with van der Waals surface area (Å²) in [6, 6.07) is 2.17. The summed E-state index contributed by atoms with van der Waals surface area (Å²) >= 11 is 0. The summed E-state index contributed by atoms with van der Waals surface area (Å²) in [5.41, 5.74) is 2.45. The number of rotatable bonds is 5. The number of hydrogen-bond donors (Lipinski definition) is 1. The summed E-state index contributed by atoms with van der Waals surface area (Å²) in [5.74, 6) is 1.60. The van der Waals surface area contributed by atoms with E-state index in [-0.39, 0.29) is 16.9 Å². The van der Waals surface area contributed by atoms with E-state index in [1.807, 2.05) is 0 Å². The fourth-order valence-corrected chi connectivity index (χ4v) is 6.49. The smallest absolute Gasteiger partial charge is 0.330 e. The van der Waals surface area contributed by atoms with Gasteiger partial charge in [-0.1, -0.05) is 0 Å². The Hall–Kier alpha value is -2.34. The maximum absolute atomic E-state index is 12.7. The molecule has 1 saturated heterocycles. The van der Waals surface area contributed by atoms with Crippen molar-refractivity contribution in [1.29, 1.82) is 0 Å². The Bertz CT molecular complexity index is 950. The first kappa shape index (κ1) is 20.6. The lowest BCUT2D eigenvalue weighted by Crippen LogP contribution is -2.62. The van der Waals surface area contributed by atoms with E-state index in [0.29, 0.717) is 30.6 Å².